The van der Waals surface area contributed by atoms with Gasteiger partial charge in [0.1, 0.15) is 5.69 Å². The molecule has 1 aliphatic carbocycles. The molecule has 0 aromatic carbocycles. The maximum Gasteiger partial charge on any atom is 0.325 e. The van der Waals surface area contributed by atoms with E-state index in [0.29, 0.717) is 11.3 Å². The largest absolute Gasteiger partial charge is 0.353 e. The summed E-state index contributed by atoms with van der Waals surface area (Å²) >= 11 is 0. The molecule has 1 saturated carbocycles. The number of rotatable bonds is 4. The minimum absolute atomic E-state index is 0.296. The Labute approximate surface area is 156 Å². The van der Waals surface area contributed by atoms with Crippen molar-refractivity contribution in [3.05, 3.63) is 57.3 Å². The van der Waals surface area contributed by atoms with Gasteiger partial charge in [-0.05, 0) is 37.8 Å². The Hall–Kier alpha value is -2.96. The van der Waals surface area contributed by atoms with Gasteiger partial charge in [-0.2, -0.15) is 5.10 Å². The molecule has 140 valence electrons. The van der Waals surface area contributed by atoms with E-state index in [-0.39, 0.29) is 0 Å². The maximum atomic E-state index is 12.1. The SMILES string of the molecule is Cc1nnc(-c2c[nH]c(=O)[nH]c2=O)cc1-c1ccn(CC2CCCCC2)c1. The fourth-order valence-electron chi connectivity index (χ4n) is 3.86. The molecule has 3 aromatic rings. The van der Waals surface area contributed by atoms with E-state index in [4.69, 9.17) is 0 Å². The molecule has 7 nitrogen and oxygen atoms in total. The van der Waals surface area contributed by atoms with Crippen LogP contribution in [0, 0.1) is 12.8 Å². The van der Waals surface area contributed by atoms with E-state index in [1.165, 1.54) is 38.3 Å². The Morgan fingerprint density at radius 3 is 2.74 bits per heavy atom. The second-order valence-electron chi connectivity index (χ2n) is 7.32. The molecule has 3 aromatic heterocycles. The monoisotopic (exact) mass is 365 g/mol. The average molecular weight is 365 g/mol. The van der Waals surface area contributed by atoms with Crippen LogP contribution in [0.2, 0.25) is 0 Å². The molecule has 3 heterocycles. The van der Waals surface area contributed by atoms with Crippen LogP contribution >= 0.6 is 0 Å². The summed E-state index contributed by atoms with van der Waals surface area (Å²) in [5.41, 5.74) is 2.52. The molecule has 0 aliphatic heterocycles. The minimum atomic E-state index is -0.538. The Kier molecular flexibility index (Phi) is 4.75. The molecular weight excluding hydrogens is 342 g/mol. The van der Waals surface area contributed by atoms with E-state index in [2.05, 4.69) is 43.2 Å². The van der Waals surface area contributed by atoms with Gasteiger partial charge in [0.2, 0.25) is 0 Å². The van der Waals surface area contributed by atoms with Crippen LogP contribution in [0.1, 0.15) is 37.8 Å². The fraction of sp³-hybridized carbons (Fsp3) is 0.400. The standard InChI is InChI=1S/C20H23N5O2/c1-13-16(9-18(24-23-13)17-10-21-20(27)22-19(17)26)15-7-8-25(12-15)11-14-5-3-2-4-6-14/h7-10,12,14H,2-6,11H2,1H3,(H2,21,22,26,27). The normalized spacial score (nSPS) is 15.1. The zero-order chi connectivity index (χ0) is 18.8. The lowest BCUT2D eigenvalue weighted by molar-refractivity contribution is 0.319. The number of aromatic amines is 2. The summed E-state index contributed by atoms with van der Waals surface area (Å²) in [6.45, 7) is 2.95. The zero-order valence-corrected chi connectivity index (χ0v) is 15.4. The molecule has 0 amide bonds. The fourth-order valence-corrected chi connectivity index (χ4v) is 3.86. The first-order valence-corrected chi connectivity index (χ1v) is 9.43. The number of aromatic nitrogens is 5. The van der Waals surface area contributed by atoms with E-state index in [0.717, 1.165) is 29.3 Å². The summed E-state index contributed by atoms with van der Waals surface area (Å²) in [4.78, 5) is 28.0. The highest BCUT2D eigenvalue weighted by molar-refractivity contribution is 5.70. The second kappa shape index (κ2) is 7.34. The van der Waals surface area contributed by atoms with E-state index < -0.39 is 11.2 Å². The summed E-state index contributed by atoms with van der Waals surface area (Å²) in [6, 6.07) is 3.93. The summed E-state index contributed by atoms with van der Waals surface area (Å²) < 4.78 is 2.25. The molecule has 1 aliphatic rings. The van der Waals surface area contributed by atoms with Gasteiger partial charge < -0.3 is 9.55 Å². The molecule has 7 heteroatoms. The van der Waals surface area contributed by atoms with Gasteiger partial charge in [-0.25, -0.2) is 4.79 Å². The van der Waals surface area contributed by atoms with Crippen molar-refractivity contribution < 1.29 is 0 Å². The van der Waals surface area contributed by atoms with Gasteiger partial charge in [-0.3, -0.25) is 9.78 Å². The summed E-state index contributed by atoms with van der Waals surface area (Å²) in [5.74, 6) is 0.755. The van der Waals surface area contributed by atoms with Crippen molar-refractivity contribution in [2.45, 2.75) is 45.6 Å². The highest BCUT2D eigenvalue weighted by Gasteiger charge is 2.15. The van der Waals surface area contributed by atoms with Crippen molar-refractivity contribution in [3.8, 4) is 22.4 Å². The van der Waals surface area contributed by atoms with E-state index in [9.17, 15) is 9.59 Å². The molecule has 4 rings (SSSR count). The third-order valence-corrected chi connectivity index (χ3v) is 5.33. The number of H-pyrrole nitrogens is 2. The lowest BCUT2D eigenvalue weighted by Gasteiger charge is -2.21. The topological polar surface area (TPSA) is 96.4 Å². The van der Waals surface area contributed by atoms with Crippen LogP contribution in [0.4, 0.5) is 0 Å². The number of hydrogen-bond donors (Lipinski definition) is 2. The molecule has 0 atom stereocenters. The van der Waals surface area contributed by atoms with Crippen LogP contribution in [0.3, 0.4) is 0 Å². The van der Waals surface area contributed by atoms with Crippen molar-refractivity contribution in [2.75, 3.05) is 0 Å². The lowest BCUT2D eigenvalue weighted by atomic mass is 9.89. The van der Waals surface area contributed by atoms with Crippen LogP contribution in [0.25, 0.3) is 22.4 Å². The number of nitrogens with one attached hydrogen (secondary N) is 2. The predicted molar refractivity (Wildman–Crippen MR) is 103 cm³/mol. The van der Waals surface area contributed by atoms with Gasteiger partial charge in [-0.1, -0.05) is 19.3 Å². The van der Waals surface area contributed by atoms with Crippen LogP contribution in [-0.4, -0.2) is 24.7 Å². The van der Waals surface area contributed by atoms with Gasteiger partial charge in [-0.15, -0.1) is 5.10 Å². The third kappa shape index (κ3) is 3.77. The van der Waals surface area contributed by atoms with Crippen molar-refractivity contribution >= 4 is 0 Å². The Bertz CT molecular complexity index is 1060. The molecule has 0 radical (unpaired) electrons. The molecule has 1 fully saturated rings. The highest BCUT2D eigenvalue weighted by Crippen LogP contribution is 2.28. The van der Waals surface area contributed by atoms with Crippen molar-refractivity contribution in [1.82, 2.24) is 24.7 Å². The average Bonchev–Trinajstić information content (AvgIpc) is 3.11. The number of hydrogen-bond acceptors (Lipinski definition) is 4. The van der Waals surface area contributed by atoms with Gasteiger partial charge in [0.25, 0.3) is 5.56 Å². The van der Waals surface area contributed by atoms with Gasteiger partial charge >= 0.3 is 5.69 Å². The van der Waals surface area contributed by atoms with E-state index in [1.54, 1.807) is 0 Å². The van der Waals surface area contributed by atoms with Crippen LogP contribution in [0.5, 0.6) is 0 Å². The molecule has 2 N–H and O–H groups in total. The van der Waals surface area contributed by atoms with E-state index >= 15 is 0 Å². The second-order valence-corrected chi connectivity index (χ2v) is 7.32. The zero-order valence-electron chi connectivity index (χ0n) is 15.4. The number of aryl methyl sites for hydroxylation is 1. The molecule has 0 spiro atoms. The first-order chi connectivity index (χ1) is 13.1. The van der Waals surface area contributed by atoms with E-state index in [1.807, 2.05) is 13.0 Å². The van der Waals surface area contributed by atoms with Gasteiger partial charge in [0.15, 0.2) is 0 Å². The summed E-state index contributed by atoms with van der Waals surface area (Å²) in [5, 5.41) is 8.34. The minimum Gasteiger partial charge on any atom is -0.353 e. The Morgan fingerprint density at radius 2 is 1.96 bits per heavy atom. The maximum absolute atomic E-state index is 12.1. The quantitative estimate of drug-likeness (QED) is 0.743. The Balaban J connectivity index is 1.64. The van der Waals surface area contributed by atoms with Crippen LogP contribution in [-0.2, 0) is 6.54 Å². The highest BCUT2D eigenvalue weighted by atomic mass is 16.2. The lowest BCUT2D eigenvalue weighted by Crippen LogP contribution is -2.22. The van der Waals surface area contributed by atoms with Crippen molar-refractivity contribution in [1.29, 1.82) is 0 Å². The number of nitrogens with zero attached hydrogens (tertiary/aromatic N) is 3. The van der Waals surface area contributed by atoms with Gasteiger partial charge in [0, 0.05) is 36.3 Å². The molecule has 27 heavy (non-hydrogen) atoms. The summed E-state index contributed by atoms with van der Waals surface area (Å²) in [7, 11) is 0. The van der Waals surface area contributed by atoms with Crippen LogP contribution in [0.15, 0.2) is 40.3 Å². The summed E-state index contributed by atoms with van der Waals surface area (Å²) in [6.07, 6.45) is 12.3. The Morgan fingerprint density at radius 1 is 1.15 bits per heavy atom. The molecule has 0 bridgehead atoms. The van der Waals surface area contributed by atoms with Crippen LogP contribution < -0.4 is 11.2 Å². The smallest absolute Gasteiger partial charge is 0.325 e. The first-order valence-electron chi connectivity index (χ1n) is 9.43. The molecule has 0 saturated heterocycles. The third-order valence-electron chi connectivity index (χ3n) is 5.33. The molecular formula is C20H23N5O2. The van der Waals surface area contributed by atoms with Gasteiger partial charge in [0.05, 0.1) is 11.3 Å². The molecule has 0 unspecified atom stereocenters. The predicted octanol–water partition coefficient (Wildman–Crippen LogP) is 2.88. The first kappa shape index (κ1) is 17.5. The van der Waals surface area contributed by atoms with Crippen molar-refractivity contribution in [3.63, 3.8) is 0 Å². The van der Waals surface area contributed by atoms with Crippen molar-refractivity contribution in [2.24, 2.45) is 5.92 Å².